The molecule has 2 heterocycles. The van der Waals surface area contributed by atoms with E-state index in [0.717, 1.165) is 41.4 Å². The third kappa shape index (κ3) is 3.13. The average molecular weight is 429 g/mol. The molecule has 162 valence electrons. The molecule has 7 nitrogen and oxygen atoms in total. The van der Waals surface area contributed by atoms with Crippen molar-refractivity contribution >= 4 is 27.4 Å². The molecule has 0 saturated carbocycles. The van der Waals surface area contributed by atoms with Gasteiger partial charge in [-0.3, -0.25) is 15.0 Å². The summed E-state index contributed by atoms with van der Waals surface area (Å²) in [6.45, 7) is 4.70. The molecule has 0 amide bonds. The molecule has 1 N–H and O–H groups in total. The smallest absolute Gasteiger partial charge is 0.315 e. The molecule has 0 spiro atoms. The number of hydrogen-bond acceptors (Lipinski definition) is 6. The van der Waals surface area contributed by atoms with E-state index in [2.05, 4.69) is 30.0 Å². The normalized spacial score (nSPS) is 13.9. The lowest BCUT2D eigenvalue weighted by molar-refractivity contribution is -0.385. The monoisotopic (exact) mass is 429 g/mol. The number of methoxy groups -OCH3 is 1. The van der Waals surface area contributed by atoms with E-state index in [1.54, 1.807) is 6.07 Å². The van der Waals surface area contributed by atoms with E-state index in [0.29, 0.717) is 17.8 Å². The average Bonchev–Trinajstić information content (AvgIpc) is 2.82. The van der Waals surface area contributed by atoms with Crippen LogP contribution in [0.1, 0.15) is 18.1 Å². The zero-order valence-electron chi connectivity index (χ0n) is 18.0. The minimum absolute atomic E-state index is 0.0616. The quantitative estimate of drug-likeness (QED) is 0.277. The molecule has 1 aliphatic heterocycles. The van der Waals surface area contributed by atoms with Crippen molar-refractivity contribution in [3.63, 3.8) is 0 Å². The molecule has 0 radical (unpaired) electrons. The second kappa shape index (κ2) is 7.76. The highest BCUT2D eigenvalue weighted by atomic mass is 16.6. The Bertz CT molecular complexity index is 1380. The van der Waals surface area contributed by atoms with Crippen molar-refractivity contribution in [3.05, 3.63) is 69.8 Å². The topological polar surface area (TPSA) is 88.7 Å². The summed E-state index contributed by atoms with van der Waals surface area (Å²) in [6, 6.07) is 15.4. The van der Waals surface area contributed by atoms with Crippen molar-refractivity contribution in [2.75, 3.05) is 20.2 Å². The molecule has 0 saturated heterocycles. The molecule has 0 unspecified atom stereocenters. The van der Waals surface area contributed by atoms with Gasteiger partial charge in [-0.2, -0.15) is 0 Å². The molecule has 0 fully saturated rings. The number of nitrogens with zero attached hydrogens (tertiary/aromatic N) is 3. The van der Waals surface area contributed by atoms with Crippen molar-refractivity contribution < 1.29 is 14.8 Å². The summed E-state index contributed by atoms with van der Waals surface area (Å²) in [5, 5.41) is 25.3. The number of benzene rings is 3. The number of aromatic nitrogens is 1. The van der Waals surface area contributed by atoms with Crippen LogP contribution in [0.3, 0.4) is 0 Å². The Balaban J connectivity index is 1.86. The van der Waals surface area contributed by atoms with Gasteiger partial charge in [0.1, 0.15) is 0 Å². The highest BCUT2D eigenvalue weighted by Crippen LogP contribution is 2.43. The maximum atomic E-state index is 11.6. The largest absolute Gasteiger partial charge is 0.500 e. The Morgan fingerprint density at radius 3 is 2.75 bits per heavy atom. The SMILES string of the molecule is CCN1CCc2c(c(-c3cc(OC)c(O)c([N+](=O)[O-])c3)nc3ccc4ccccc4c23)C1. The lowest BCUT2D eigenvalue weighted by Crippen LogP contribution is -2.31. The number of phenolic OH excluding ortho intramolecular Hbond substituents is 1. The first-order valence-corrected chi connectivity index (χ1v) is 10.6. The van der Waals surface area contributed by atoms with E-state index in [1.807, 2.05) is 18.2 Å². The fourth-order valence-corrected chi connectivity index (χ4v) is 4.70. The van der Waals surface area contributed by atoms with Crippen molar-refractivity contribution in [2.24, 2.45) is 0 Å². The van der Waals surface area contributed by atoms with Crippen molar-refractivity contribution in [1.29, 1.82) is 0 Å². The Labute approximate surface area is 185 Å². The minimum atomic E-state index is -0.597. The zero-order valence-corrected chi connectivity index (χ0v) is 18.0. The molecule has 32 heavy (non-hydrogen) atoms. The number of phenols is 1. The molecule has 0 aliphatic carbocycles. The summed E-state index contributed by atoms with van der Waals surface area (Å²) in [6.07, 6.45) is 0.876. The summed E-state index contributed by atoms with van der Waals surface area (Å²) < 4.78 is 5.24. The van der Waals surface area contributed by atoms with Crippen LogP contribution < -0.4 is 4.74 Å². The van der Waals surface area contributed by atoms with E-state index in [9.17, 15) is 15.2 Å². The highest BCUT2D eigenvalue weighted by molar-refractivity contribution is 6.09. The Morgan fingerprint density at radius 2 is 2.00 bits per heavy atom. The van der Waals surface area contributed by atoms with Crippen LogP contribution >= 0.6 is 0 Å². The van der Waals surface area contributed by atoms with Crippen molar-refractivity contribution in [2.45, 2.75) is 19.9 Å². The van der Waals surface area contributed by atoms with Gasteiger partial charge in [-0.05, 0) is 47.0 Å². The standard InChI is InChI=1S/C25H23N3O4/c1-3-27-11-10-18-19(14-27)24(16-12-21(28(30)31)25(29)22(13-16)32-2)26-20-9-8-15-6-4-5-7-17(15)23(18)20/h4-9,12-13,29H,3,10-11,14H2,1-2H3. The third-order valence-corrected chi connectivity index (χ3v) is 6.34. The molecular formula is C25H23N3O4. The molecule has 1 aliphatic rings. The van der Waals surface area contributed by atoms with Crippen LogP contribution in [-0.4, -0.2) is 40.1 Å². The number of aromatic hydroxyl groups is 1. The van der Waals surface area contributed by atoms with Crippen LogP contribution in [0.5, 0.6) is 11.5 Å². The first kappa shape index (κ1) is 20.2. The Hall–Kier alpha value is -3.71. The molecule has 4 aromatic rings. The number of fused-ring (bicyclic) bond motifs is 5. The zero-order chi connectivity index (χ0) is 22.4. The second-order valence-electron chi connectivity index (χ2n) is 8.02. The van der Waals surface area contributed by atoms with Crippen molar-refractivity contribution in [1.82, 2.24) is 9.88 Å². The second-order valence-corrected chi connectivity index (χ2v) is 8.02. The number of hydrogen-bond donors (Lipinski definition) is 1. The maximum Gasteiger partial charge on any atom is 0.315 e. The molecule has 0 bridgehead atoms. The van der Waals surface area contributed by atoms with Gasteiger partial charge in [-0.25, -0.2) is 4.98 Å². The predicted octanol–water partition coefficient (Wildman–Crippen LogP) is 5.06. The van der Waals surface area contributed by atoms with Crippen molar-refractivity contribution in [3.8, 4) is 22.8 Å². The lowest BCUT2D eigenvalue weighted by Gasteiger charge is -2.30. The van der Waals surface area contributed by atoms with Gasteiger partial charge in [0, 0.05) is 30.1 Å². The van der Waals surface area contributed by atoms with E-state index in [-0.39, 0.29) is 5.75 Å². The Kier molecular flexibility index (Phi) is 4.90. The minimum Gasteiger partial charge on any atom is -0.500 e. The highest BCUT2D eigenvalue weighted by Gasteiger charge is 2.27. The van der Waals surface area contributed by atoms with E-state index in [1.165, 1.54) is 24.1 Å². The first-order valence-electron chi connectivity index (χ1n) is 10.6. The molecule has 1 aromatic heterocycles. The molecule has 5 rings (SSSR count). The van der Waals surface area contributed by atoms with E-state index >= 15 is 0 Å². The van der Waals surface area contributed by atoms with E-state index in [4.69, 9.17) is 9.72 Å². The van der Waals surface area contributed by atoms with Crippen LogP contribution in [0.25, 0.3) is 32.9 Å². The van der Waals surface area contributed by atoms with Gasteiger partial charge in [-0.1, -0.05) is 37.3 Å². The van der Waals surface area contributed by atoms with Gasteiger partial charge in [0.2, 0.25) is 5.75 Å². The summed E-state index contributed by atoms with van der Waals surface area (Å²) in [4.78, 5) is 18.3. The lowest BCUT2D eigenvalue weighted by atomic mass is 9.89. The van der Waals surface area contributed by atoms with Gasteiger partial charge in [0.25, 0.3) is 0 Å². The molecule has 0 atom stereocenters. The van der Waals surface area contributed by atoms with E-state index < -0.39 is 16.4 Å². The van der Waals surface area contributed by atoms with Gasteiger partial charge in [0.05, 0.1) is 23.2 Å². The number of likely N-dealkylation sites (N-methyl/N-ethyl adjacent to an activating group) is 1. The van der Waals surface area contributed by atoms with Crippen LogP contribution in [0.4, 0.5) is 5.69 Å². The molecule has 3 aromatic carbocycles. The van der Waals surface area contributed by atoms with Crippen LogP contribution in [0, 0.1) is 10.1 Å². The number of rotatable bonds is 4. The number of ether oxygens (including phenoxy) is 1. The van der Waals surface area contributed by atoms with Gasteiger partial charge in [0.15, 0.2) is 5.75 Å². The summed E-state index contributed by atoms with van der Waals surface area (Å²) in [7, 11) is 1.39. The predicted molar refractivity (Wildman–Crippen MR) is 124 cm³/mol. The van der Waals surface area contributed by atoms with Crippen LogP contribution in [-0.2, 0) is 13.0 Å². The Morgan fingerprint density at radius 1 is 1.19 bits per heavy atom. The van der Waals surface area contributed by atoms with Crippen LogP contribution in [0.2, 0.25) is 0 Å². The molecule has 7 heteroatoms. The fourth-order valence-electron chi connectivity index (χ4n) is 4.70. The summed E-state index contributed by atoms with van der Waals surface area (Å²) in [5.41, 5.74) is 4.04. The van der Waals surface area contributed by atoms with Gasteiger partial charge < -0.3 is 9.84 Å². The fraction of sp³-hybridized carbons (Fsp3) is 0.240. The number of nitro groups is 1. The third-order valence-electron chi connectivity index (χ3n) is 6.34. The van der Waals surface area contributed by atoms with Gasteiger partial charge >= 0.3 is 5.69 Å². The summed E-state index contributed by atoms with van der Waals surface area (Å²) >= 11 is 0. The first-order chi connectivity index (χ1) is 15.5. The van der Waals surface area contributed by atoms with Crippen LogP contribution in [0.15, 0.2) is 48.5 Å². The number of pyridine rings is 1. The molecular weight excluding hydrogens is 406 g/mol. The number of nitro benzene ring substituents is 1. The summed E-state index contributed by atoms with van der Waals surface area (Å²) in [5.74, 6) is -0.413. The van der Waals surface area contributed by atoms with Gasteiger partial charge in [-0.15, -0.1) is 0 Å². The maximum absolute atomic E-state index is 11.6.